The van der Waals surface area contributed by atoms with Crippen molar-refractivity contribution in [3.05, 3.63) is 35.9 Å². The molecule has 0 unspecified atom stereocenters. The highest BCUT2D eigenvalue weighted by molar-refractivity contribution is 5.86. The van der Waals surface area contributed by atoms with E-state index in [1.54, 1.807) is 0 Å². The first-order valence-corrected chi connectivity index (χ1v) is 6.52. The highest BCUT2D eigenvalue weighted by Gasteiger charge is 2.41. The van der Waals surface area contributed by atoms with E-state index in [-0.39, 0.29) is 0 Å². The summed E-state index contributed by atoms with van der Waals surface area (Å²) >= 11 is 0. The van der Waals surface area contributed by atoms with E-state index in [1.165, 1.54) is 5.56 Å². The molecule has 1 aromatic rings. The van der Waals surface area contributed by atoms with Gasteiger partial charge in [0.05, 0.1) is 12.7 Å². The summed E-state index contributed by atoms with van der Waals surface area (Å²) in [5.41, 5.74) is 1.22. The van der Waals surface area contributed by atoms with Gasteiger partial charge in [0.15, 0.2) is 0 Å². The minimum absolute atomic E-state index is 0.297. The fraction of sp³-hybridized carbons (Fsp3) is 0.533. The molecule has 3 rings (SSSR count). The molecule has 2 aliphatic rings. The van der Waals surface area contributed by atoms with Crippen LogP contribution in [0.3, 0.4) is 0 Å². The van der Waals surface area contributed by atoms with Crippen LogP contribution in [0, 0.1) is 11.8 Å². The van der Waals surface area contributed by atoms with Gasteiger partial charge in [-0.15, -0.1) is 0 Å². The van der Waals surface area contributed by atoms with Gasteiger partial charge in [0.2, 0.25) is 0 Å². The van der Waals surface area contributed by atoms with Gasteiger partial charge >= 0.3 is 0 Å². The molecule has 17 heavy (non-hydrogen) atoms. The summed E-state index contributed by atoms with van der Waals surface area (Å²) in [7, 11) is 0. The van der Waals surface area contributed by atoms with Crippen molar-refractivity contribution in [2.24, 2.45) is 11.8 Å². The average molecular weight is 230 g/mol. The van der Waals surface area contributed by atoms with Crippen LogP contribution in [-0.4, -0.2) is 11.9 Å². The van der Waals surface area contributed by atoms with E-state index in [1.807, 2.05) is 18.2 Å². The van der Waals surface area contributed by atoms with E-state index in [2.05, 4.69) is 12.1 Å². The number of rotatable bonds is 3. The molecule has 3 atom stereocenters. The lowest BCUT2D eigenvalue weighted by Gasteiger charge is -2.26. The second kappa shape index (κ2) is 4.61. The molecule has 0 amide bonds. The fourth-order valence-electron chi connectivity index (χ4n) is 3.14. The lowest BCUT2D eigenvalue weighted by atomic mass is 9.86. The van der Waals surface area contributed by atoms with Crippen molar-refractivity contribution in [3.63, 3.8) is 0 Å². The lowest BCUT2D eigenvalue weighted by molar-refractivity contribution is -0.130. The van der Waals surface area contributed by atoms with Crippen LogP contribution >= 0.6 is 0 Å². The van der Waals surface area contributed by atoms with Crippen LogP contribution in [0.4, 0.5) is 0 Å². The molecule has 2 aliphatic carbocycles. The smallest absolute Gasteiger partial charge is 0.139 e. The standard InChI is InChI=1S/C15H18O2/c16-15-12-6-7-13(15)9-14(8-12)17-10-11-4-2-1-3-5-11/h1-5,12-14H,6-10H2/t12-,13+,14-. The molecule has 0 saturated heterocycles. The normalized spacial score (nSPS) is 31.8. The summed E-state index contributed by atoms with van der Waals surface area (Å²) in [5, 5.41) is 0. The van der Waals surface area contributed by atoms with Crippen molar-refractivity contribution in [1.29, 1.82) is 0 Å². The van der Waals surface area contributed by atoms with Crippen LogP contribution in [0.2, 0.25) is 0 Å². The molecule has 0 aliphatic heterocycles. The highest BCUT2D eigenvalue weighted by Crippen LogP contribution is 2.40. The second-order valence-corrected chi connectivity index (χ2v) is 5.26. The van der Waals surface area contributed by atoms with Crippen LogP contribution < -0.4 is 0 Å². The number of Topliss-reactive ketones (excluding diaryl/α,β-unsaturated/α-hetero) is 1. The first-order chi connectivity index (χ1) is 8.33. The SMILES string of the molecule is O=C1[C@@H]2CC[C@H]1C[C@H](OCc1ccccc1)C2. The first kappa shape index (κ1) is 11.0. The third-order valence-electron chi connectivity index (χ3n) is 4.09. The number of benzene rings is 1. The van der Waals surface area contributed by atoms with E-state index >= 15 is 0 Å². The maximum atomic E-state index is 11.8. The Kier molecular flexibility index (Phi) is 2.98. The van der Waals surface area contributed by atoms with Gasteiger partial charge in [0, 0.05) is 11.8 Å². The molecule has 0 spiro atoms. The van der Waals surface area contributed by atoms with E-state index in [9.17, 15) is 4.79 Å². The largest absolute Gasteiger partial charge is 0.373 e. The summed E-state index contributed by atoms with van der Waals surface area (Å²) in [6.07, 6.45) is 4.37. The van der Waals surface area contributed by atoms with Gasteiger partial charge in [-0.3, -0.25) is 4.79 Å². The predicted molar refractivity (Wildman–Crippen MR) is 65.5 cm³/mol. The Morgan fingerprint density at radius 1 is 1.06 bits per heavy atom. The Balaban J connectivity index is 1.56. The van der Waals surface area contributed by atoms with Gasteiger partial charge < -0.3 is 4.74 Å². The van der Waals surface area contributed by atoms with Crippen LogP contribution in [0.1, 0.15) is 31.2 Å². The van der Waals surface area contributed by atoms with Crippen molar-refractivity contribution in [3.8, 4) is 0 Å². The molecular weight excluding hydrogens is 212 g/mol. The first-order valence-electron chi connectivity index (χ1n) is 6.52. The number of ether oxygens (including phenoxy) is 1. The zero-order valence-corrected chi connectivity index (χ0v) is 9.97. The Morgan fingerprint density at radius 3 is 2.35 bits per heavy atom. The third-order valence-corrected chi connectivity index (χ3v) is 4.09. The molecule has 2 nitrogen and oxygen atoms in total. The molecule has 2 saturated carbocycles. The van der Waals surface area contributed by atoms with Gasteiger partial charge in [0.25, 0.3) is 0 Å². The van der Waals surface area contributed by atoms with Crippen LogP contribution in [0.25, 0.3) is 0 Å². The maximum absolute atomic E-state index is 11.8. The lowest BCUT2D eigenvalue weighted by Crippen LogP contribution is -2.30. The number of ketones is 1. The predicted octanol–water partition coefficient (Wildman–Crippen LogP) is 2.96. The van der Waals surface area contributed by atoms with Crippen molar-refractivity contribution in [2.45, 2.75) is 38.4 Å². The van der Waals surface area contributed by atoms with Crippen molar-refractivity contribution in [2.75, 3.05) is 0 Å². The van der Waals surface area contributed by atoms with Crippen molar-refractivity contribution in [1.82, 2.24) is 0 Å². The topological polar surface area (TPSA) is 26.3 Å². The summed E-state index contributed by atoms with van der Waals surface area (Å²) < 4.78 is 5.95. The van der Waals surface area contributed by atoms with E-state index in [4.69, 9.17) is 4.74 Å². The summed E-state index contributed by atoms with van der Waals surface area (Å²) in [4.78, 5) is 11.8. The second-order valence-electron chi connectivity index (χ2n) is 5.26. The van der Waals surface area contributed by atoms with Crippen molar-refractivity contribution >= 4 is 5.78 Å². The molecule has 2 fully saturated rings. The highest BCUT2D eigenvalue weighted by atomic mass is 16.5. The monoisotopic (exact) mass is 230 g/mol. The van der Waals surface area contributed by atoms with Gasteiger partial charge in [0.1, 0.15) is 5.78 Å². The molecule has 2 bridgehead atoms. The molecule has 0 aromatic heterocycles. The van der Waals surface area contributed by atoms with Gasteiger partial charge in [-0.05, 0) is 31.2 Å². The Labute approximate surface area is 102 Å². The van der Waals surface area contributed by atoms with Crippen LogP contribution in [0.5, 0.6) is 0 Å². The number of fused-ring (bicyclic) bond motifs is 2. The molecule has 2 heteroatoms. The van der Waals surface area contributed by atoms with E-state index < -0.39 is 0 Å². The van der Waals surface area contributed by atoms with E-state index in [0.717, 1.165) is 25.7 Å². The number of carbonyl (C=O) groups excluding carboxylic acids is 1. The Hall–Kier alpha value is -1.15. The van der Waals surface area contributed by atoms with Gasteiger partial charge in [-0.2, -0.15) is 0 Å². The maximum Gasteiger partial charge on any atom is 0.139 e. The summed E-state index contributed by atoms with van der Waals surface area (Å²) in [6, 6.07) is 10.3. The van der Waals surface area contributed by atoms with Gasteiger partial charge in [-0.1, -0.05) is 30.3 Å². The summed E-state index contributed by atoms with van der Waals surface area (Å²) in [6.45, 7) is 0.680. The quantitative estimate of drug-likeness (QED) is 0.798. The zero-order valence-electron chi connectivity index (χ0n) is 9.97. The molecule has 1 aromatic carbocycles. The number of carbonyl (C=O) groups is 1. The molecule has 0 radical (unpaired) electrons. The molecular formula is C15H18O2. The van der Waals surface area contributed by atoms with E-state index in [0.29, 0.717) is 30.3 Å². The third kappa shape index (κ3) is 2.27. The minimum atomic E-state index is 0.297. The fourth-order valence-corrected chi connectivity index (χ4v) is 3.14. The number of hydrogen-bond donors (Lipinski definition) is 0. The molecule has 90 valence electrons. The van der Waals surface area contributed by atoms with Gasteiger partial charge in [-0.25, -0.2) is 0 Å². The number of hydrogen-bond acceptors (Lipinski definition) is 2. The average Bonchev–Trinajstić information content (AvgIpc) is 2.61. The minimum Gasteiger partial charge on any atom is -0.373 e. The Morgan fingerprint density at radius 2 is 1.71 bits per heavy atom. The van der Waals surface area contributed by atoms with Crippen LogP contribution in [0.15, 0.2) is 30.3 Å². The van der Waals surface area contributed by atoms with Crippen LogP contribution in [-0.2, 0) is 16.1 Å². The Bertz CT molecular complexity index is 383. The molecule has 0 heterocycles. The summed E-state index contributed by atoms with van der Waals surface area (Å²) in [5.74, 6) is 1.11. The molecule has 0 N–H and O–H groups in total. The zero-order chi connectivity index (χ0) is 11.7. The van der Waals surface area contributed by atoms with Crippen molar-refractivity contribution < 1.29 is 9.53 Å².